The Morgan fingerprint density at radius 1 is 1.65 bits per heavy atom. The van der Waals surface area contributed by atoms with E-state index in [1.807, 2.05) is 7.05 Å². The van der Waals surface area contributed by atoms with Crippen molar-refractivity contribution in [1.29, 1.82) is 5.26 Å². The number of likely N-dealkylation sites (N-methyl/N-ethyl adjacent to an activating group) is 1. The summed E-state index contributed by atoms with van der Waals surface area (Å²) in [4.78, 5) is 7.08. The molecule has 2 rings (SSSR count). The van der Waals surface area contributed by atoms with Gasteiger partial charge < -0.3 is 10.2 Å². The second kappa shape index (κ2) is 5.67. The van der Waals surface area contributed by atoms with Crippen LogP contribution in [0.4, 0.5) is 5.13 Å². The van der Waals surface area contributed by atoms with Crippen molar-refractivity contribution in [3.05, 3.63) is 10.0 Å². The molecule has 4 nitrogen and oxygen atoms in total. The molecular weight excluding hydrogens is 256 g/mol. The minimum Gasteiger partial charge on any atom is -0.344 e. The lowest BCUT2D eigenvalue weighted by Gasteiger charge is -2.35. The fourth-order valence-electron chi connectivity index (χ4n) is 2.18. The third-order valence-corrected chi connectivity index (χ3v) is 4.37. The maximum absolute atomic E-state index is 8.90. The number of hydrogen-bond acceptors (Lipinski definition) is 5. The van der Waals surface area contributed by atoms with Crippen LogP contribution in [0.2, 0.25) is 5.15 Å². The van der Waals surface area contributed by atoms with Gasteiger partial charge in [0, 0.05) is 19.1 Å². The van der Waals surface area contributed by atoms with E-state index in [0.29, 0.717) is 16.1 Å². The van der Waals surface area contributed by atoms with Crippen LogP contribution in [0.3, 0.4) is 0 Å². The van der Waals surface area contributed by atoms with Crippen LogP contribution in [-0.2, 0) is 0 Å². The standard InChI is InChI=1S/C11H15ClN4S/c1-14-7-8-4-2-3-5-16(8)11-15-10(12)9(6-13)17-11/h8,14H,2-5,7H2,1H3. The van der Waals surface area contributed by atoms with E-state index in [0.717, 1.165) is 18.2 Å². The number of rotatable bonds is 3. The summed E-state index contributed by atoms with van der Waals surface area (Å²) in [5, 5.41) is 13.3. The van der Waals surface area contributed by atoms with Gasteiger partial charge in [-0.15, -0.1) is 0 Å². The van der Waals surface area contributed by atoms with Gasteiger partial charge >= 0.3 is 0 Å². The fraction of sp³-hybridized carbons (Fsp3) is 0.636. The van der Waals surface area contributed by atoms with Crippen LogP contribution in [0.15, 0.2) is 0 Å². The molecule has 1 unspecified atom stereocenters. The average Bonchev–Trinajstić information content (AvgIpc) is 2.71. The summed E-state index contributed by atoms with van der Waals surface area (Å²) in [5.74, 6) is 0. The van der Waals surface area contributed by atoms with Crippen molar-refractivity contribution in [2.24, 2.45) is 0 Å². The van der Waals surface area contributed by atoms with E-state index in [9.17, 15) is 0 Å². The Hall–Kier alpha value is -0.830. The second-order valence-electron chi connectivity index (χ2n) is 4.13. The molecule has 1 N–H and O–H groups in total. The molecule has 1 aliphatic heterocycles. The Bertz CT molecular complexity index is 424. The van der Waals surface area contributed by atoms with Gasteiger partial charge in [-0.05, 0) is 26.3 Å². The number of piperidine rings is 1. The Labute approximate surface area is 110 Å². The molecule has 0 saturated carbocycles. The highest BCUT2D eigenvalue weighted by Crippen LogP contribution is 2.32. The summed E-state index contributed by atoms with van der Waals surface area (Å²) in [6, 6.07) is 2.54. The summed E-state index contributed by atoms with van der Waals surface area (Å²) in [6.07, 6.45) is 3.60. The normalized spacial score (nSPS) is 20.3. The number of anilines is 1. The van der Waals surface area contributed by atoms with Crippen LogP contribution in [0.1, 0.15) is 24.1 Å². The SMILES string of the molecule is CNCC1CCCCN1c1nc(Cl)c(C#N)s1. The summed E-state index contributed by atoms with van der Waals surface area (Å²) in [5.41, 5.74) is 0. The van der Waals surface area contributed by atoms with Crippen LogP contribution in [0.25, 0.3) is 0 Å². The maximum Gasteiger partial charge on any atom is 0.188 e. The molecule has 6 heteroatoms. The minimum absolute atomic E-state index is 0.335. The lowest BCUT2D eigenvalue weighted by Crippen LogP contribution is -2.44. The van der Waals surface area contributed by atoms with Crippen molar-refractivity contribution < 1.29 is 0 Å². The Balaban J connectivity index is 2.20. The van der Waals surface area contributed by atoms with Crippen LogP contribution in [0.5, 0.6) is 0 Å². The first-order valence-electron chi connectivity index (χ1n) is 5.74. The number of hydrogen-bond donors (Lipinski definition) is 1. The quantitative estimate of drug-likeness (QED) is 0.915. The van der Waals surface area contributed by atoms with E-state index in [-0.39, 0.29) is 0 Å². The van der Waals surface area contributed by atoms with Crippen molar-refractivity contribution in [2.45, 2.75) is 25.3 Å². The number of nitriles is 1. The van der Waals surface area contributed by atoms with Gasteiger partial charge in [0.1, 0.15) is 10.9 Å². The smallest absolute Gasteiger partial charge is 0.188 e. The predicted molar refractivity (Wildman–Crippen MR) is 70.8 cm³/mol. The van der Waals surface area contributed by atoms with Gasteiger partial charge in [-0.25, -0.2) is 4.98 Å². The van der Waals surface area contributed by atoms with Crippen molar-refractivity contribution in [2.75, 3.05) is 25.0 Å². The van der Waals surface area contributed by atoms with Crippen LogP contribution in [0, 0.1) is 11.3 Å². The van der Waals surface area contributed by atoms with E-state index in [4.69, 9.17) is 16.9 Å². The molecule has 17 heavy (non-hydrogen) atoms. The molecule has 1 aromatic heterocycles. The van der Waals surface area contributed by atoms with E-state index in [1.54, 1.807) is 0 Å². The van der Waals surface area contributed by atoms with Gasteiger partial charge in [0.25, 0.3) is 0 Å². The maximum atomic E-state index is 8.90. The molecule has 0 aliphatic carbocycles. The number of aromatic nitrogens is 1. The number of nitrogens with one attached hydrogen (secondary N) is 1. The minimum atomic E-state index is 0.335. The van der Waals surface area contributed by atoms with Crippen molar-refractivity contribution in [1.82, 2.24) is 10.3 Å². The second-order valence-corrected chi connectivity index (χ2v) is 5.46. The Morgan fingerprint density at radius 2 is 2.47 bits per heavy atom. The highest BCUT2D eigenvalue weighted by atomic mass is 35.5. The van der Waals surface area contributed by atoms with Crippen molar-refractivity contribution in [3.8, 4) is 6.07 Å². The summed E-state index contributed by atoms with van der Waals surface area (Å²) in [7, 11) is 1.96. The molecule has 1 fully saturated rings. The number of halogens is 1. The molecule has 2 heterocycles. The molecular formula is C11H15ClN4S. The van der Waals surface area contributed by atoms with Crippen LogP contribution >= 0.6 is 22.9 Å². The first-order valence-corrected chi connectivity index (χ1v) is 6.93. The molecule has 0 bridgehead atoms. The molecule has 1 aromatic rings. The third kappa shape index (κ3) is 2.71. The van der Waals surface area contributed by atoms with Gasteiger partial charge in [0.05, 0.1) is 0 Å². The van der Waals surface area contributed by atoms with Crippen LogP contribution in [-0.4, -0.2) is 31.2 Å². The molecule has 0 amide bonds. The monoisotopic (exact) mass is 270 g/mol. The molecule has 0 radical (unpaired) electrons. The van der Waals surface area contributed by atoms with Gasteiger partial charge in [0.2, 0.25) is 0 Å². The summed E-state index contributed by atoms with van der Waals surface area (Å²) < 4.78 is 0. The molecule has 1 aliphatic rings. The Kier molecular flexibility index (Phi) is 4.21. The lowest BCUT2D eigenvalue weighted by molar-refractivity contribution is 0.446. The molecule has 92 valence electrons. The number of nitrogens with zero attached hydrogens (tertiary/aromatic N) is 3. The molecule has 1 saturated heterocycles. The summed E-state index contributed by atoms with van der Waals surface area (Å²) in [6.45, 7) is 1.94. The fourth-order valence-corrected chi connectivity index (χ4v) is 3.32. The van der Waals surface area contributed by atoms with Crippen LogP contribution < -0.4 is 10.2 Å². The van der Waals surface area contributed by atoms with E-state index in [2.05, 4.69) is 21.3 Å². The zero-order chi connectivity index (χ0) is 12.3. The Morgan fingerprint density at radius 3 is 3.12 bits per heavy atom. The highest BCUT2D eigenvalue weighted by Gasteiger charge is 2.25. The zero-order valence-corrected chi connectivity index (χ0v) is 11.3. The lowest BCUT2D eigenvalue weighted by atomic mass is 10.0. The predicted octanol–water partition coefficient (Wildman–Crippen LogP) is 2.25. The third-order valence-electron chi connectivity index (χ3n) is 2.99. The largest absolute Gasteiger partial charge is 0.344 e. The van der Waals surface area contributed by atoms with Gasteiger partial charge in [0.15, 0.2) is 10.3 Å². The number of thiazole rings is 1. The first kappa shape index (κ1) is 12.6. The van der Waals surface area contributed by atoms with Crippen molar-refractivity contribution >= 4 is 28.1 Å². The van der Waals surface area contributed by atoms with Gasteiger partial charge in [-0.3, -0.25) is 0 Å². The topological polar surface area (TPSA) is 52.0 Å². The summed E-state index contributed by atoms with van der Waals surface area (Å²) >= 11 is 7.31. The van der Waals surface area contributed by atoms with E-state index in [1.165, 1.54) is 30.6 Å². The molecule has 1 atom stereocenters. The van der Waals surface area contributed by atoms with E-state index >= 15 is 0 Å². The highest BCUT2D eigenvalue weighted by molar-refractivity contribution is 7.16. The first-order chi connectivity index (χ1) is 8.26. The molecule has 0 aromatic carbocycles. The van der Waals surface area contributed by atoms with Gasteiger partial charge in [-0.1, -0.05) is 22.9 Å². The van der Waals surface area contributed by atoms with Crippen molar-refractivity contribution in [3.63, 3.8) is 0 Å². The zero-order valence-electron chi connectivity index (χ0n) is 9.74. The molecule has 0 spiro atoms. The van der Waals surface area contributed by atoms with Gasteiger partial charge in [-0.2, -0.15) is 5.26 Å². The van der Waals surface area contributed by atoms with E-state index < -0.39 is 0 Å². The average molecular weight is 271 g/mol.